The lowest BCUT2D eigenvalue weighted by molar-refractivity contribution is -0.144. The Hall–Kier alpha value is -2.01. The molecule has 0 aliphatic carbocycles. The highest BCUT2D eigenvalue weighted by Crippen LogP contribution is 2.24. The van der Waals surface area contributed by atoms with Crippen LogP contribution in [0.2, 0.25) is 5.02 Å². The van der Waals surface area contributed by atoms with Gasteiger partial charge in [0.1, 0.15) is 5.75 Å². The van der Waals surface area contributed by atoms with Crippen LogP contribution in [0.4, 0.5) is 0 Å². The first-order chi connectivity index (χ1) is 10.5. The summed E-state index contributed by atoms with van der Waals surface area (Å²) >= 11 is 5.94. The number of piperidine rings is 1. The van der Waals surface area contributed by atoms with Gasteiger partial charge in [-0.3, -0.25) is 9.59 Å². The third kappa shape index (κ3) is 4.01. The van der Waals surface area contributed by atoms with Gasteiger partial charge in [0.05, 0.1) is 13.0 Å². The average Bonchev–Trinajstić information content (AvgIpc) is 2.52. The van der Waals surface area contributed by atoms with Crippen molar-refractivity contribution in [3.63, 3.8) is 0 Å². The molecule has 1 aliphatic heterocycles. The van der Waals surface area contributed by atoms with Gasteiger partial charge in [-0.25, -0.2) is 0 Å². The average molecular weight is 324 g/mol. The molecule has 1 unspecified atom stereocenters. The number of hydrogen-bond donors (Lipinski definition) is 1. The SMILES string of the molecule is COc1ccc(Cl)cc1C=CC(=O)N1CCCC(C(=O)O)C1. The molecule has 22 heavy (non-hydrogen) atoms. The van der Waals surface area contributed by atoms with Crippen LogP contribution in [0.25, 0.3) is 6.08 Å². The Bertz CT molecular complexity index is 600. The number of likely N-dealkylation sites (tertiary alicyclic amines) is 1. The maximum Gasteiger partial charge on any atom is 0.308 e. The molecule has 1 heterocycles. The monoisotopic (exact) mass is 323 g/mol. The van der Waals surface area contributed by atoms with Gasteiger partial charge in [0.15, 0.2) is 0 Å². The zero-order valence-corrected chi connectivity index (χ0v) is 13.0. The van der Waals surface area contributed by atoms with Gasteiger partial charge in [-0.15, -0.1) is 0 Å². The number of carbonyl (C=O) groups is 2. The van der Waals surface area contributed by atoms with Crippen molar-refractivity contribution in [3.05, 3.63) is 34.9 Å². The lowest BCUT2D eigenvalue weighted by Gasteiger charge is -2.29. The van der Waals surface area contributed by atoms with E-state index >= 15 is 0 Å². The van der Waals surface area contributed by atoms with Gasteiger partial charge >= 0.3 is 5.97 Å². The van der Waals surface area contributed by atoms with Gasteiger partial charge in [0.2, 0.25) is 5.91 Å². The van der Waals surface area contributed by atoms with Gasteiger partial charge < -0.3 is 14.7 Å². The number of carbonyl (C=O) groups excluding carboxylic acids is 1. The number of rotatable bonds is 4. The van der Waals surface area contributed by atoms with Crippen LogP contribution in [0, 0.1) is 5.92 Å². The summed E-state index contributed by atoms with van der Waals surface area (Å²) in [6, 6.07) is 5.15. The molecule has 1 aromatic rings. The predicted octanol–water partition coefficient (Wildman–Crippen LogP) is 2.69. The van der Waals surface area contributed by atoms with Gasteiger partial charge in [-0.2, -0.15) is 0 Å². The number of benzene rings is 1. The van der Waals surface area contributed by atoms with E-state index < -0.39 is 11.9 Å². The lowest BCUT2D eigenvalue weighted by atomic mass is 9.98. The molecule has 1 amide bonds. The Morgan fingerprint density at radius 3 is 2.91 bits per heavy atom. The van der Waals surface area contributed by atoms with E-state index in [1.165, 1.54) is 6.08 Å². The van der Waals surface area contributed by atoms with E-state index in [0.717, 1.165) is 0 Å². The summed E-state index contributed by atoms with van der Waals surface area (Å²) in [5.41, 5.74) is 0.704. The largest absolute Gasteiger partial charge is 0.496 e. The van der Waals surface area contributed by atoms with Crippen molar-refractivity contribution < 1.29 is 19.4 Å². The van der Waals surface area contributed by atoms with E-state index in [0.29, 0.717) is 35.7 Å². The Kier molecular flexibility index (Phi) is 5.44. The van der Waals surface area contributed by atoms with Crippen molar-refractivity contribution >= 4 is 29.6 Å². The summed E-state index contributed by atoms with van der Waals surface area (Å²) < 4.78 is 5.21. The summed E-state index contributed by atoms with van der Waals surface area (Å²) in [4.78, 5) is 24.8. The molecule has 0 saturated carbocycles. The number of carboxylic acid groups (broad SMARTS) is 1. The Balaban J connectivity index is 2.08. The zero-order valence-electron chi connectivity index (χ0n) is 12.3. The third-order valence-electron chi connectivity index (χ3n) is 3.68. The van der Waals surface area contributed by atoms with Gasteiger partial charge in [0, 0.05) is 29.8 Å². The molecule has 0 bridgehead atoms. The summed E-state index contributed by atoms with van der Waals surface area (Å²) in [5, 5.41) is 9.61. The minimum Gasteiger partial charge on any atom is -0.496 e. The standard InChI is InChI=1S/C16H18ClNO4/c1-22-14-6-5-13(17)9-11(14)4-7-15(19)18-8-2-3-12(10-18)16(20)21/h4-7,9,12H,2-3,8,10H2,1H3,(H,20,21). The number of ether oxygens (including phenoxy) is 1. The van der Waals surface area contributed by atoms with E-state index in [1.807, 2.05) is 0 Å². The van der Waals surface area contributed by atoms with Crippen LogP contribution in [-0.2, 0) is 9.59 Å². The number of methoxy groups -OCH3 is 1. The molecule has 0 radical (unpaired) electrons. The molecule has 6 heteroatoms. The molecular formula is C16H18ClNO4. The van der Waals surface area contributed by atoms with Crippen molar-refractivity contribution in [1.29, 1.82) is 0 Å². The van der Waals surface area contributed by atoms with Crippen LogP contribution < -0.4 is 4.74 Å². The molecule has 1 aromatic carbocycles. The van der Waals surface area contributed by atoms with Crippen LogP contribution in [0.5, 0.6) is 5.75 Å². The highest BCUT2D eigenvalue weighted by atomic mass is 35.5. The Morgan fingerprint density at radius 1 is 1.45 bits per heavy atom. The second-order valence-electron chi connectivity index (χ2n) is 5.18. The summed E-state index contributed by atoms with van der Waals surface area (Å²) in [7, 11) is 1.55. The highest BCUT2D eigenvalue weighted by molar-refractivity contribution is 6.30. The molecule has 1 fully saturated rings. The number of carboxylic acids is 1. The second kappa shape index (κ2) is 7.31. The summed E-state index contributed by atoms with van der Waals surface area (Å²) in [6.45, 7) is 0.838. The van der Waals surface area contributed by atoms with E-state index in [2.05, 4.69) is 0 Å². The number of nitrogens with zero attached hydrogens (tertiary/aromatic N) is 1. The van der Waals surface area contributed by atoms with E-state index in [9.17, 15) is 9.59 Å². The molecule has 2 rings (SSSR count). The van der Waals surface area contributed by atoms with Crippen molar-refractivity contribution in [3.8, 4) is 5.75 Å². The number of aliphatic carboxylic acids is 1. The fraction of sp³-hybridized carbons (Fsp3) is 0.375. The quantitative estimate of drug-likeness (QED) is 0.865. The van der Waals surface area contributed by atoms with Crippen molar-refractivity contribution in [2.24, 2.45) is 5.92 Å². The molecule has 1 saturated heterocycles. The highest BCUT2D eigenvalue weighted by Gasteiger charge is 2.27. The van der Waals surface area contributed by atoms with Crippen molar-refractivity contribution in [2.75, 3.05) is 20.2 Å². The summed E-state index contributed by atoms with van der Waals surface area (Å²) in [5.74, 6) is -0.909. The smallest absolute Gasteiger partial charge is 0.308 e. The molecule has 0 spiro atoms. The third-order valence-corrected chi connectivity index (χ3v) is 3.91. The van der Waals surface area contributed by atoms with Gasteiger partial charge in [-0.1, -0.05) is 11.6 Å². The molecule has 1 N–H and O–H groups in total. The molecule has 0 aromatic heterocycles. The van der Waals surface area contributed by atoms with Gasteiger partial charge in [0.25, 0.3) is 0 Å². The van der Waals surface area contributed by atoms with Crippen LogP contribution in [0.15, 0.2) is 24.3 Å². The first-order valence-corrected chi connectivity index (χ1v) is 7.42. The molecule has 1 atom stereocenters. The maximum absolute atomic E-state index is 12.2. The maximum atomic E-state index is 12.2. The minimum atomic E-state index is -0.849. The Morgan fingerprint density at radius 2 is 2.23 bits per heavy atom. The molecule has 5 nitrogen and oxygen atoms in total. The van der Waals surface area contributed by atoms with Crippen LogP contribution in [0.3, 0.4) is 0 Å². The van der Waals surface area contributed by atoms with E-state index in [1.54, 1.807) is 36.3 Å². The first-order valence-electron chi connectivity index (χ1n) is 7.04. The summed E-state index contributed by atoms with van der Waals surface area (Å²) in [6.07, 6.45) is 4.39. The molecule has 1 aliphatic rings. The molecular weight excluding hydrogens is 306 g/mol. The van der Waals surface area contributed by atoms with E-state index in [-0.39, 0.29) is 12.5 Å². The number of amides is 1. The van der Waals surface area contributed by atoms with E-state index in [4.69, 9.17) is 21.4 Å². The number of hydrogen-bond acceptors (Lipinski definition) is 3. The van der Waals surface area contributed by atoms with Crippen LogP contribution in [-0.4, -0.2) is 42.1 Å². The lowest BCUT2D eigenvalue weighted by Crippen LogP contribution is -2.41. The fourth-order valence-electron chi connectivity index (χ4n) is 2.48. The minimum absolute atomic E-state index is 0.201. The van der Waals surface area contributed by atoms with Gasteiger partial charge in [-0.05, 0) is 37.1 Å². The second-order valence-corrected chi connectivity index (χ2v) is 5.62. The molecule has 118 valence electrons. The van der Waals surface area contributed by atoms with Crippen LogP contribution in [0.1, 0.15) is 18.4 Å². The number of halogens is 1. The van der Waals surface area contributed by atoms with Crippen LogP contribution >= 0.6 is 11.6 Å². The fourth-order valence-corrected chi connectivity index (χ4v) is 2.66. The normalized spacial score (nSPS) is 18.5. The Labute approximate surface area is 134 Å². The van der Waals surface area contributed by atoms with Crippen molar-refractivity contribution in [2.45, 2.75) is 12.8 Å². The first kappa shape index (κ1) is 16.4. The zero-order chi connectivity index (χ0) is 16.1. The van der Waals surface area contributed by atoms with Crippen molar-refractivity contribution in [1.82, 2.24) is 4.90 Å². The predicted molar refractivity (Wildman–Crippen MR) is 84.0 cm³/mol. The topological polar surface area (TPSA) is 66.8 Å².